The lowest BCUT2D eigenvalue weighted by atomic mass is 10.1. The number of thiazole rings is 1. The summed E-state index contributed by atoms with van der Waals surface area (Å²) >= 11 is 3.13. The Hall–Kier alpha value is -2.10. The Kier molecular flexibility index (Phi) is 5.80. The minimum Gasteiger partial charge on any atom is -0.465 e. The number of nitrogens with zero attached hydrogens (tertiary/aromatic N) is 5. The molecule has 0 bridgehead atoms. The lowest BCUT2D eigenvalue weighted by molar-refractivity contribution is 0.0605. The van der Waals surface area contributed by atoms with Crippen molar-refractivity contribution in [1.29, 1.82) is 0 Å². The highest BCUT2D eigenvalue weighted by Crippen LogP contribution is 2.36. The molecule has 0 aliphatic carbocycles. The van der Waals surface area contributed by atoms with Crippen LogP contribution in [0.3, 0.4) is 0 Å². The predicted octanol–water partition coefficient (Wildman–Crippen LogP) is 3.44. The molecule has 1 aliphatic rings. The molecular weight excluding hydrogens is 406 g/mol. The number of hydrogen-bond acceptors (Lipinski definition) is 9. The summed E-state index contributed by atoms with van der Waals surface area (Å²) in [6.45, 7) is 10.6. The van der Waals surface area contributed by atoms with Crippen LogP contribution in [0.1, 0.15) is 38.7 Å². The van der Waals surface area contributed by atoms with E-state index in [9.17, 15) is 4.79 Å². The van der Waals surface area contributed by atoms with Gasteiger partial charge in [-0.25, -0.2) is 19.7 Å². The van der Waals surface area contributed by atoms with Gasteiger partial charge in [-0.05, 0) is 25.8 Å². The lowest BCUT2D eigenvalue weighted by Gasteiger charge is -2.35. The zero-order valence-electron chi connectivity index (χ0n) is 17.2. The van der Waals surface area contributed by atoms with Gasteiger partial charge in [0, 0.05) is 38.1 Å². The summed E-state index contributed by atoms with van der Waals surface area (Å²) in [5.41, 5.74) is 2.07. The summed E-state index contributed by atoms with van der Waals surface area (Å²) in [5, 5.41) is 4.35. The van der Waals surface area contributed by atoms with Gasteiger partial charge in [-0.1, -0.05) is 6.92 Å². The van der Waals surface area contributed by atoms with Crippen LogP contribution in [0.15, 0.2) is 5.38 Å². The minimum atomic E-state index is -0.311. The fourth-order valence-corrected chi connectivity index (χ4v) is 5.54. The summed E-state index contributed by atoms with van der Waals surface area (Å²) in [6.07, 6.45) is 0.995. The molecule has 3 aromatic rings. The van der Waals surface area contributed by atoms with E-state index < -0.39 is 0 Å². The van der Waals surface area contributed by atoms with Crippen molar-refractivity contribution >= 4 is 44.7 Å². The molecule has 0 radical (unpaired) electrons. The lowest BCUT2D eigenvalue weighted by Crippen LogP contribution is -2.46. The number of aromatic nitrogens is 3. The highest BCUT2D eigenvalue weighted by Gasteiger charge is 2.25. The van der Waals surface area contributed by atoms with Crippen molar-refractivity contribution in [2.45, 2.75) is 33.7 Å². The van der Waals surface area contributed by atoms with E-state index in [1.54, 1.807) is 11.3 Å². The Morgan fingerprint density at radius 1 is 1.17 bits per heavy atom. The summed E-state index contributed by atoms with van der Waals surface area (Å²) in [7, 11) is 1.41. The Labute approximate surface area is 178 Å². The predicted molar refractivity (Wildman–Crippen MR) is 117 cm³/mol. The van der Waals surface area contributed by atoms with E-state index in [2.05, 4.69) is 27.1 Å². The highest BCUT2D eigenvalue weighted by atomic mass is 32.1. The zero-order valence-corrected chi connectivity index (χ0v) is 18.8. The van der Waals surface area contributed by atoms with Crippen LogP contribution >= 0.6 is 22.7 Å². The zero-order chi connectivity index (χ0) is 20.5. The number of piperazine rings is 1. The summed E-state index contributed by atoms with van der Waals surface area (Å²) < 4.78 is 4.94. The van der Waals surface area contributed by atoms with Crippen LogP contribution in [0.4, 0.5) is 5.82 Å². The van der Waals surface area contributed by atoms with Gasteiger partial charge in [-0.3, -0.25) is 4.90 Å². The number of rotatable bonds is 5. The molecule has 1 saturated heterocycles. The SMILES string of the molecule is CCc1nc(CN2CCN(c3nc(C)nc4sc(C(=O)OC)c(C)c34)CC2)cs1. The monoisotopic (exact) mass is 431 g/mol. The van der Waals surface area contributed by atoms with Crippen molar-refractivity contribution in [2.75, 3.05) is 38.2 Å². The normalized spacial score (nSPS) is 15.2. The Balaban J connectivity index is 1.54. The van der Waals surface area contributed by atoms with Gasteiger partial charge >= 0.3 is 5.97 Å². The molecule has 7 nitrogen and oxygen atoms in total. The van der Waals surface area contributed by atoms with Gasteiger partial charge in [0.05, 0.1) is 23.2 Å². The third-order valence-corrected chi connectivity index (χ3v) is 7.42. The maximum Gasteiger partial charge on any atom is 0.348 e. The van der Waals surface area contributed by atoms with Crippen molar-refractivity contribution in [3.8, 4) is 0 Å². The molecule has 154 valence electrons. The first-order chi connectivity index (χ1) is 14.0. The Morgan fingerprint density at radius 2 is 1.93 bits per heavy atom. The first-order valence-electron chi connectivity index (χ1n) is 9.76. The maximum absolute atomic E-state index is 12.1. The van der Waals surface area contributed by atoms with Crippen LogP contribution in [-0.2, 0) is 17.7 Å². The third kappa shape index (κ3) is 3.99. The molecule has 0 aromatic carbocycles. The standard InChI is InChI=1S/C20H25N5O2S2/c1-5-15-23-14(11-28-15)10-24-6-8-25(9-7-24)18-16-12(2)17(20(26)27-4)29-19(16)22-13(3)21-18/h11H,5-10H2,1-4H3. The van der Waals surface area contributed by atoms with Crippen molar-refractivity contribution in [2.24, 2.45) is 0 Å². The molecule has 0 spiro atoms. The molecule has 1 fully saturated rings. The fourth-order valence-electron chi connectivity index (χ4n) is 3.67. The average molecular weight is 432 g/mol. The second-order valence-corrected chi connectivity index (χ2v) is 9.11. The molecule has 0 atom stereocenters. The topological polar surface area (TPSA) is 71.5 Å². The van der Waals surface area contributed by atoms with Gasteiger partial charge in [-0.15, -0.1) is 22.7 Å². The number of carbonyl (C=O) groups is 1. The van der Waals surface area contributed by atoms with E-state index in [1.807, 2.05) is 13.8 Å². The van der Waals surface area contributed by atoms with Crippen molar-refractivity contribution in [3.63, 3.8) is 0 Å². The van der Waals surface area contributed by atoms with E-state index in [-0.39, 0.29) is 5.97 Å². The van der Waals surface area contributed by atoms with E-state index in [0.29, 0.717) is 4.88 Å². The number of fused-ring (bicyclic) bond motifs is 1. The Morgan fingerprint density at radius 3 is 2.59 bits per heavy atom. The highest BCUT2D eigenvalue weighted by molar-refractivity contribution is 7.20. The van der Waals surface area contributed by atoms with Crippen molar-refractivity contribution < 1.29 is 9.53 Å². The van der Waals surface area contributed by atoms with Gasteiger partial charge in [0.2, 0.25) is 0 Å². The van der Waals surface area contributed by atoms with E-state index >= 15 is 0 Å². The Bertz CT molecular complexity index is 1040. The number of carbonyl (C=O) groups excluding carboxylic acids is 1. The summed E-state index contributed by atoms with van der Waals surface area (Å²) in [5.74, 6) is 1.34. The first kappa shape index (κ1) is 20.2. The number of hydrogen-bond donors (Lipinski definition) is 0. The molecule has 29 heavy (non-hydrogen) atoms. The average Bonchev–Trinajstić information content (AvgIpc) is 3.31. The minimum absolute atomic E-state index is 0.311. The van der Waals surface area contributed by atoms with Crippen LogP contribution in [-0.4, -0.2) is 59.1 Å². The van der Waals surface area contributed by atoms with E-state index in [0.717, 1.165) is 72.3 Å². The molecule has 3 aromatic heterocycles. The van der Waals surface area contributed by atoms with Crippen molar-refractivity contribution in [3.05, 3.63) is 32.3 Å². The molecule has 0 N–H and O–H groups in total. The van der Waals surface area contributed by atoms with Gasteiger partial charge in [-0.2, -0.15) is 0 Å². The molecule has 4 rings (SSSR count). The number of anilines is 1. The van der Waals surface area contributed by atoms with Gasteiger partial charge in [0.1, 0.15) is 21.3 Å². The molecule has 0 saturated carbocycles. The summed E-state index contributed by atoms with van der Waals surface area (Å²) in [4.78, 5) is 32.3. The molecule has 4 heterocycles. The molecule has 0 amide bonds. The fraction of sp³-hybridized carbons (Fsp3) is 0.500. The second-order valence-electron chi connectivity index (χ2n) is 7.17. The summed E-state index contributed by atoms with van der Waals surface area (Å²) in [6, 6.07) is 0. The molecule has 9 heteroatoms. The van der Waals surface area contributed by atoms with Gasteiger partial charge in [0.25, 0.3) is 0 Å². The second kappa shape index (κ2) is 8.33. The van der Waals surface area contributed by atoms with E-state index in [4.69, 9.17) is 14.7 Å². The number of ether oxygens (including phenoxy) is 1. The van der Waals surface area contributed by atoms with Gasteiger partial charge in [0.15, 0.2) is 0 Å². The van der Waals surface area contributed by atoms with Crippen LogP contribution in [0.25, 0.3) is 10.2 Å². The van der Waals surface area contributed by atoms with Crippen LogP contribution in [0, 0.1) is 13.8 Å². The quantitative estimate of drug-likeness (QED) is 0.573. The van der Waals surface area contributed by atoms with Crippen LogP contribution in [0.5, 0.6) is 0 Å². The maximum atomic E-state index is 12.1. The number of aryl methyl sites for hydroxylation is 3. The molecular formula is C20H25N5O2S2. The van der Waals surface area contributed by atoms with E-state index in [1.165, 1.54) is 23.5 Å². The number of esters is 1. The first-order valence-corrected chi connectivity index (χ1v) is 11.5. The van der Waals surface area contributed by atoms with Crippen LogP contribution in [0.2, 0.25) is 0 Å². The number of methoxy groups -OCH3 is 1. The molecule has 1 aliphatic heterocycles. The van der Waals surface area contributed by atoms with Crippen LogP contribution < -0.4 is 4.90 Å². The number of thiophene rings is 1. The van der Waals surface area contributed by atoms with Gasteiger partial charge < -0.3 is 9.64 Å². The molecule has 0 unspecified atom stereocenters. The third-order valence-electron chi connectivity index (χ3n) is 5.21. The van der Waals surface area contributed by atoms with Crippen molar-refractivity contribution in [1.82, 2.24) is 19.9 Å². The largest absolute Gasteiger partial charge is 0.465 e. The smallest absolute Gasteiger partial charge is 0.348 e.